The van der Waals surface area contributed by atoms with Gasteiger partial charge in [-0.2, -0.15) is 0 Å². The van der Waals surface area contributed by atoms with Crippen molar-refractivity contribution in [1.29, 1.82) is 0 Å². The summed E-state index contributed by atoms with van der Waals surface area (Å²) in [5.41, 5.74) is 0. The number of aliphatic hydroxyl groups excluding tert-OH is 2. The number of carbonyl (C=O) groups excluding carboxylic acids is 2. The molecule has 6 nitrogen and oxygen atoms in total. The van der Waals surface area contributed by atoms with E-state index in [1.54, 1.807) is 6.92 Å². The zero-order valence-electron chi connectivity index (χ0n) is 9.41. The molecule has 0 heterocycles. The summed E-state index contributed by atoms with van der Waals surface area (Å²) >= 11 is 0. The van der Waals surface area contributed by atoms with Gasteiger partial charge in [-0.05, 0) is 6.92 Å². The van der Waals surface area contributed by atoms with Crippen LogP contribution in [0.1, 0.15) is 28.2 Å². The Morgan fingerprint density at radius 2 is 1.69 bits per heavy atom. The van der Waals surface area contributed by atoms with E-state index in [-0.39, 0.29) is 38.5 Å². The summed E-state index contributed by atoms with van der Waals surface area (Å²) in [4.78, 5) is 20.2. The van der Waals surface area contributed by atoms with Crippen LogP contribution in [0.3, 0.4) is 0 Å². The first-order valence-electron chi connectivity index (χ1n) is 4.67. The summed E-state index contributed by atoms with van der Waals surface area (Å²) in [6.45, 7) is 4.94. The van der Waals surface area contributed by atoms with Gasteiger partial charge in [0.15, 0.2) is 0 Å². The quantitative estimate of drug-likeness (QED) is 0.516. The van der Waals surface area contributed by atoms with Crippen molar-refractivity contribution in [2.24, 2.45) is 0 Å². The molecule has 0 aromatic heterocycles. The van der Waals surface area contributed by atoms with Gasteiger partial charge in [0, 0.05) is 26.4 Å². The topological polar surface area (TPSA) is 98.7 Å². The van der Waals surface area contributed by atoms with Crippen LogP contribution in [-0.4, -0.2) is 47.8 Å². The molecule has 0 bridgehead atoms. The van der Waals surface area contributed by atoms with Gasteiger partial charge in [-0.3, -0.25) is 9.59 Å². The maximum absolute atomic E-state index is 10.2. The number of hydrogen-bond donors (Lipinski definition) is 4. The Balaban J connectivity index is -0.000000200. The second kappa shape index (κ2) is 13.9. The first-order chi connectivity index (χ1) is 6.93. The van der Waals surface area contributed by atoms with Crippen molar-refractivity contribution in [3.63, 3.8) is 0 Å². The van der Waals surface area contributed by atoms with Crippen molar-refractivity contribution in [3.8, 4) is 0 Å². The van der Waals surface area contributed by atoms with Crippen LogP contribution in [0, 0.1) is 0 Å². The van der Waals surface area contributed by atoms with Gasteiger partial charge < -0.3 is 20.8 Å². The molecule has 16 heavy (non-hydrogen) atoms. The number of nitrogens with one attached hydrogen (secondary N) is 2. The predicted molar refractivity (Wildman–Crippen MR) is 62.9 cm³/mol. The first kappa shape index (κ1) is 20.3. The van der Waals surface area contributed by atoms with Crippen LogP contribution in [0.25, 0.3) is 0 Å². The van der Waals surface area contributed by atoms with Crippen LogP contribution in [0.5, 0.6) is 0 Å². The molecule has 0 aromatic rings. The lowest BCUT2D eigenvalue weighted by molar-refractivity contribution is -0.120. The van der Waals surface area contributed by atoms with E-state index in [1.807, 2.05) is 0 Å². The van der Waals surface area contributed by atoms with Crippen LogP contribution in [-0.2, 0) is 9.59 Å². The minimum absolute atomic E-state index is 0. The van der Waals surface area contributed by atoms with Crippen LogP contribution in [0.15, 0.2) is 0 Å². The van der Waals surface area contributed by atoms with Crippen molar-refractivity contribution in [2.75, 3.05) is 19.8 Å². The average molecular weight is 236 g/mol. The van der Waals surface area contributed by atoms with E-state index in [2.05, 4.69) is 10.6 Å². The highest BCUT2D eigenvalue weighted by molar-refractivity contribution is 5.73. The fourth-order valence-corrected chi connectivity index (χ4v) is 0.625. The molecule has 0 aliphatic heterocycles. The minimum atomic E-state index is -0.118. The van der Waals surface area contributed by atoms with E-state index in [0.29, 0.717) is 6.54 Å². The zero-order valence-corrected chi connectivity index (χ0v) is 9.41. The Bertz CT molecular complexity index is 186. The van der Waals surface area contributed by atoms with Gasteiger partial charge in [0.2, 0.25) is 11.8 Å². The van der Waals surface area contributed by atoms with Gasteiger partial charge >= 0.3 is 0 Å². The molecule has 2 amide bonds. The van der Waals surface area contributed by atoms with Gasteiger partial charge in [0.05, 0.1) is 13.2 Å². The highest BCUT2D eigenvalue weighted by Gasteiger charge is 1.97. The Kier molecular flexibility index (Phi) is 17.6. The molecule has 0 rings (SSSR count). The Labute approximate surface area is 97.0 Å². The summed E-state index contributed by atoms with van der Waals surface area (Å²) in [7, 11) is 0. The van der Waals surface area contributed by atoms with E-state index in [1.165, 1.54) is 13.8 Å². The van der Waals surface area contributed by atoms with Crippen LogP contribution in [0.4, 0.5) is 0 Å². The van der Waals surface area contributed by atoms with E-state index >= 15 is 0 Å². The van der Waals surface area contributed by atoms with E-state index in [9.17, 15) is 9.59 Å². The maximum Gasteiger partial charge on any atom is 0.217 e. The molecule has 1 atom stereocenters. The number of amides is 2. The summed E-state index contributed by atoms with van der Waals surface area (Å²) in [6, 6.07) is -0.118. The molecule has 0 aromatic carbocycles. The SMILES string of the molecule is C.CC(=O)NCCO.CC(=O)N[C@@H](C)CO. The Morgan fingerprint density at radius 1 is 1.19 bits per heavy atom. The number of rotatable bonds is 4. The molecule has 0 radical (unpaired) electrons. The summed E-state index contributed by atoms with van der Waals surface area (Å²) < 4.78 is 0. The van der Waals surface area contributed by atoms with Crippen molar-refractivity contribution >= 4 is 11.8 Å². The second-order valence-electron chi connectivity index (χ2n) is 2.99. The van der Waals surface area contributed by atoms with Gasteiger partial charge in [-0.1, -0.05) is 7.43 Å². The van der Waals surface area contributed by atoms with E-state index in [4.69, 9.17) is 10.2 Å². The lowest BCUT2D eigenvalue weighted by Gasteiger charge is -2.06. The fraction of sp³-hybridized carbons (Fsp3) is 0.800. The summed E-state index contributed by atoms with van der Waals surface area (Å²) in [5.74, 6) is -0.208. The molecule has 0 aliphatic rings. The highest BCUT2D eigenvalue weighted by Crippen LogP contribution is 1.75. The molecular weight excluding hydrogens is 212 g/mol. The van der Waals surface area contributed by atoms with Gasteiger partial charge in [-0.15, -0.1) is 0 Å². The van der Waals surface area contributed by atoms with Crippen LogP contribution >= 0.6 is 0 Å². The van der Waals surface area contributed by atoms with Gasteiger partial charge in [0.1, 0.15) is 0 Å². The lowest BCUT2D eigenvalue weighted by atomic mass is 10.4. The number of carbonyl (C=O) groups is 2. The average Bonchev–Trinajstić information content (AvgIpc) is 2.14. The zero-order chi connectivity index (χ0) is 12.3. The highest BCUT2D eigenvalue weighted by atomic mass is 16.3. The largest absolute Gasteiger partial charge is 0.395 e. The predicted octanol–water partition coefficient (Wildman–Crippen LogP) is -0.746. The summed E-state index contributed by atoms with van der Waals surface area (Å²) in [6.07, 6.45) is 0. The van der Waals surface area contributed by atoms with Crippen LogP contribution < -0.4 is 10.6 Å². The lowest BCUT2D eigenvalue weighted by Crippen LogP contribution is -2.32. The molecule has 0 aliphatic carbocycles. The fourth-order valence-electron chi connectivity index (χ4n) is 0.625. The molecule has 0 unspecified atom stereocenters. The van der Waals surface area contributed by atoms with Crippen molar-refractivity contribution < 1.29 is 19.8 Å². The van der Waals surface area contributed by atoms with Gasteiger partial charge in [0.25, 0.3) is 0 Å². The van der Waals surface area contributed by atoms with E-state index < -0.39 is 0 Å². The van der Waals surface area contributed by atoms with E-state index in [0.717, 1.165) is 0 Å². The van der Waals surface area contributed by atoms with Crippen molar-refractivity contribution in [3.05, 3.63) is 0 Å². The molecule has 0 saturated carbocycles. The molecule has 0 saturated heterocycles. The Hall–Kier alpha value is -1.14. The molecule has 0 fully saturated rings. The molecule has 6 heteroatoms. The third-order valence-corrected chi connectivity index (χ3v) is 1.21. The number of hydrogen-bond acceptors (Lipinski definition) is 4. The Morgan fingerprint density at radius 3 is 1.81 bits per heavy atom. The monoisotopic (exact) mass is 236 g/mol. The normalized spacial score (nSPS) is 10.1. The molecule has 98 valence electrons. The van der Waals surface area contributed by atoms with Crippen molar-refractivity contribution in [1.82, 2.24) is 10.6 Å². The third kappa shape index (κ3) is 23.0. The third-order valence-electron chi connectivity index (χ3n) is 1.21. The standard InChI is InChI=1S/C5H11NO2.C4H9NO2.CH4/c1-4(3-7)6-5(2)8;1-4(7)5-2-3-6;/h4,7H,3H2,1-2H3,(H,6,8);6H,2-3H2,1H3,(H,5,7);1H4/t4-;;/m0../s1. The molecular formula is C10H24N2O4. The van der Waals surface area contributed by atoms with Crippen molar-refractivity contribution in [2.45, 2.75) is 34.2 Å². The minimum Gasteiger partial charge on any atom is -0.395 e. The second-order valence-corrected chi connectivity index (χ2v) is 2.99. The first-order valence-corrected chi connectivity index (χ1v) is 4.67. The molecule has 0 spiro atoms. The summed E-state index contributed by atoms with van der Waals surface area (Å²) in [5, 5.41) is 21.4. The van der Waals surface area contributed by atoms with Crippen LogP contribution in [0.2, 0.25) is 0 Å². The van der Waals surface area contributed by atoms with Gasteiger partial charge in [-0.25, -0.2) is 0 Å². The molecule has 4 N–H and O–H groups in total. The smallest absolute Gasteiger partial charge is 0.217 e. The maximum atomic E-state index is 10.2. The number of aliphatic hydroxyl groups is 2.